The predicted molar refractivity (Wildman–Crippen MR) is 84.9 cm³/mol. The molecule has 3 rings (SSSR count). The van der Waals surface area contributed by atoms with E-state index >= 15 is 0 Å². The van der Waals surface area contributed by atoms with E-state index in [1.165, 1.54) is 5.39 Å². The Morgan fingerprint density at radius 1 is 1.10 bits per heavy atom. The van der Waals surface area contributed by atoms with Gasteiger partial charge in [-0.05, 0) is 23.3 Å². The Balaban J connectivity index is 0.000000161. The van der Waals surface area contributed by atoms with Gasteiger partial charge in [0.1, 0.15) is 6.29 Å². The second kappa shape index (κ2) is 7.20. The van der Waals surface area contributed by atoms with Gasteiger partial charge in [-0.15, -0.1) is 0 Å². The summed E-state index contributed by atoms with van der Waals surface area (Å²) in [6, 6.07) is 13.7. The first-order valence-electron chi connectivity index (χ1n) is 6.77. The van der Waals surface area contributed by atoms with Crippen LogP contribution in [0.4, 0.5) is 0 Å². The number of aldehydes is 1. The van der Waals surface area contributed by atoms with Gasteiger partial charge in [0.25, 0.3) is 0 Å². The first-order chi connectivity index (χ1) is 10.2. The van der Waals surface area contributed by atoms with E-state index in [0.717, 1.165) is 23.7 Å². The van der Waals surface area contributed by atoms with Crippen LogP contribution in [0.25, 0.3) is 10.8 Å². The third kappa shape index (κ3) is 4.14. The molecule has 0 aliphatic heterocycles. The molecule has 0 fully saturated rings. The van der Waals surface area contributed by atoms with Crippen LogP contribution < -0.4 is 5.73 Å². The van der Waals surface area contributed by atoms with Crippen LogP contribution >= 0.6 is 0 Å². The molecule has 1 amide bonds. The van der Waals surface area contributed by atoms with Crippen LogP contribution in [-0.2, 0) is 4.79 Å². The summed E-state index contributed by atoms with van der Waals surface area (Å²) in [5.74, 6) is -0.314. The number of allylic oxidation sites excluding steroid dienone is 3. The average Bonchev–Trinajstić information content (AvgIpc) is 2.55. The van der Waals surface area contributed by atoms with Crippen molar-refractivity contribution in [2.45, 2.75) is 6.42 Å². The van der Waals surface area contributed by atoms with Crippen LogP contribution in [0, 0.1) is 5.92 Å². The lowest BCUT2D eigenvalue weighted by atomic mass is 10.0. The zero-order chi connectivity index (χ0) is 15.1. The molecule has 0 bridgehead atoms. The van der Waals surface area contributed by atoms with Gasteiger partial charge in [0.15, 0.2) is 0 Å². The second-order valence-corrected chi connectivity index (χ2v) is 4.78. The van der Waals surface area contributed by atoms with Crippen molar-refractivity contribution in [1.29, 1.82) is 0 Å². The van der Waals surface area contributed by atoms with E-state index in [4.69, 9.17) is 5.73 Å². The fourth-order valence-corrected chi connectivity index (χ4v) is 2.07. The molecule has 1 unspecified atom stereocenters. The van der Waals surface area contributed by atoms with E-state index in [2.05, 4.69) is 0 Å². The topological polar surface area (TPSA) is 60.2 Å². The van der Waals surface area contributed by atoms with Crippen LogP contribution in [-0.4, -0.2) is 12.2 Å². The molecule has 0 heterocycles. The number of carbonyl (C=O) groups excluding carboxylic acids is 2. The highest BCUT2D eigenvalue weighted by molar-refractivity contribution is 5.88. The Kier molecular flexibility index (Phi) is 5.04. The van der Waals surface area contributed by atoms with E-state index in [1.807, 2.05) is 66.8 Å². The first-order valence-corrected chi connectivity index (χ1v) is 6.77. The number of carbonyl (C=O) groups is 2. The van der Waals surface area contributed by atoms with Crippen molar-refractivity contribution >= 4 is 23.0 Å². The Morgan fingerprint density at radius 2 is 1.86 bits per heavy atom. The lowest BCUT2D eigenvalue weighted by Gasteiger charge is -2.06. The molecule has 21 heavy (non-hydrogen) atoms. The molecule has 2 aromatic carbocycles. The van der Waals surface area contributed by atoms with E-state index in [9.17, 15) is 9.59 Å². The smallest absolute Gasteiger partial charge is 0.224 e. The largest absolute Gasteiger partial charge is 0.369 e. The molecule has 0 saturated carbocycles. The highest BCUT2D eigenvalue weighted by Crippen LogP contribution is 2.14. The van der Waals surface area contributed by atoms with E-state index in [1.54, 1.807) is 0 Å². The summed E-state index contributed by atoms with van der Waals surface area (Å²) in [4.78, 5) is 20.9. The van der Waals surface area contributed by atoms with E-state index in [0.29, 0.717) is 0 Å². The number of amides is 1. The number of hydrogen-bond acceptors (Lipinski definition) is 2. The van der Waals surface area contributed by atoms with Gasteiger partial charge in [-0.25, -0.2) is 0 Å². The predicted octanol–water partition coefficient (Wildman–Crippen LogP) is 3.26. The van der Waals surface area contributed by atoms with Crippen LogP contribution in [0.3, 0.4) is 0 Å². The van der Waals surface area contributed by atoms with Crippen molar-refractivity contribution in [3.05, 3.63) is 72.3 Å². The number of fused-ring (bicyclic) bond motifs is 1. The molecule has 106 valence electrons. The lowest BCUT2D eigenvalue weighted by molar-refractivity contribution is -0.120. The van der Waals surface area contributed by atoms with Gasteiger partial charge in [-0.1, -0.05) is 60.7 Å². The van der Waals surface area contributed by atoms with Crippen molar-refractivity contribution < 1.29 is 9.59 Å². The van der Waals surface area contributed by atoms with Gasteiger partial charge < -0.3 is 5.73 Å². The van der Waals surface area contributed by atoms with Crippen molar-refractivity contribution in [1.82, 2.24) is 0 Å². The Bertz CT molecular complexity index is 701. The van der Waals surface area contributed by atoms with Gasteiger partial charge in [0.2, 0.25) is 5.91 Å². The maximum absolute atomic E-state index is 10.5. The average molecular weight is 279 g/mol. The number of rotatable bonds is 2. The third-order valence-electron chi connectivity index (χ3n) is 3.26. The second-order valence-electron chi connectivity index (χ2n) is 4.78. The minimum Gasteiger partial charge on any atom is -0.369 e. The Morgan fingerprint density at radius 3 is 2.43 bits per heavy atom. The van der Waals surface area contributed by atoms with Crippen molar-refractivity contribution in [3.63, 3.8) is 0 Å². The summed E-state index contributed by atoms with van der Waals surface area (Å²) in [6.45, 7) is 0. The van der Waals surface area contributed by atoms with Gasteiger partial charge in [-0.2, -0.15) is 0 Å². The zero-order valence-electron chi connectivity index (χ0n) is 11.6. The maximum atomic E-state index is 10.5. The fourth-order valence-electron chi connectivity index (χ4n) is 2.07. The number of benzene rings is 2. The standard InChI is InChI=1S/C11H8O.C7H9NO/c12-8-9-5-6-10-3-1-2-4-11(10)7-9;8-7(9)6-4-2-1-3-5-6/h1-8H;1-4,6H,5H2,(H2,8,9). The molecule has 2 aromatic rings. The van der Waals surface area contributed by atoms with Crippen molar-refractivity contribution in [2.24, 2.45) is 11.7 Å². The van der Waals surface area contributed by atoms with Crippen LogP contribution in [0.1, 0.15) is 16.8 Å². The molecular weight excluding hydrogens is 262 g/mol. The van der Waals surface area contributed by atoms with Crippen molar-refractivity contribution in [3.8, 4) is 0 Å². The Hall–Kier alpha value is -2.68. The van der Waals surface area contributed by atoms with Gasteiger partial charge in [0, 0.05) is 5.56 Å². The third-order valence-corrected chi connectivity index (χ3v) is 3.26. The number of hydrogen-bond donors (Lipinski definition) is 1. The van der Waals surface area contributed by atoms with E-state index in [-0.39, 0.29) is 11.8 Å². The van der Waals surface area contributed by atoms with Gasteiger partial charge >= 0.3 is 0 Å². The molecule has 0 aromatic heterocycles. The lowest BCUT2D eigenvalue weighted by Crippen LogP contribution is -2.21. The van der Waals surface area contributed by atoms with Crippen LogP contribution in [0.15, 0.2) is 66.8 Å². The molecule has 3 nitrogen and oxygen atoms in total. The fraction of sp³-hybridized carbons (Fsp3) is 0.111. The summed E-state index contributed by atoms with van der Waals surface area (Å²) in [5.41, 5.74) is 5.77. The molecule has 0 radical (unpaired) electrons. The zero-order valence-corrected chi connectivity index (χ0v) is 11.6. The molecule has 0 spiro atoms. The molecule has 3 heteroatoms. The minimum absolute atomic E-state index is 0.0741. The van der Waals surface area contributed by atoms with E-state index < -0.39 is 0 Å². The van der Waals surface area contributed by atoms with Crippen LogP contribution in [0.2, 0.25) is 0 Å². The van der Waals surface area contributed by atoms with Crippen LogP contribution in [0.5, 0.6) is 0 Å². The van der Waals surface area contributed by atoms with Gasteiger partial charge in [0.05, 0.1) is 5.92 Å². The summed E-state index contributed by atoms with van der Waals surface area (Å²) in [6.07, 6.45) is 9.15. The quantitative estimate of drug-likeness (QED) is 0.858. The summed E-state index contributed by atoms with van der Waals surface area (Å²) in [7, 11) is 0. The number of nitrogens with two attached hydrogens (primary N) is 1. The molecule has 2 N–H and O–H groups in total. The summed E-state index contributed by atoms with van der Waals surface area (Å²) >= 11 is 0. The highest BCUT2D eigenvalue weighted by Gasteiger charge is 2.09. The summed E-state index contributed by atoms with van der Waals surface area (Å²) in [5, 5.41) is 2.28. The molecule has 1 aliphatic carbocycles. The normalized spacial score (nSPS) is 16.1. The first kappa shape index (κ1) is 14.7. The SMILES string of the molecule is NC(=O)C1C=CC=CC1.O=Cc1ccc2ccccc2c1. The van der Waals surface area contributed by atoms with Gasteiger partial charge in [-0.3, -0.25) is 9.59 Å². The highest BCUT2D eigenvalue weighted by atomic mass is 16.1. The Labute approximate surface area is 123 Å². The number of primary amides is 1. The molecule has 1 aliphatic rings. The maximum Gasteiger partial charge on any atom is 0.224 e. The molecular formula is C18H17NO2. The monoisotopic (exact) mass is 279 g/mol. The molecule has 1 atom stereocenters. The molecule has 0 saturated heterocycles. The van der Waals surface area contributed by atoms with Crippen molar-refractivity contribution in [2.75, 3.05) is 0 Å². The summed E-state index contributed by atoms with van der Waals surface area (Å²) < 4.78 is 0. The minimum atomic E-state index is -0.240.